The number of aromatic amines is 1. The van der Waals surface area contributed by atoms with Crippen LogP contribution < -0.4 is 0 Å². The van der Waals surface area contributed by atoms with Crippen LogP contribution in [0.25, 0.3) is 28.4 Å². The number of halogens is 2. The third kappa shape index (κ3) is 3.25. The Morgan fingerprint density at radius 1 is 1.18 bits per heavy atom. The van der Waals surface area contributed by atoms with Crippen molar-refractivity contribution < 1.29 is 4.39 Å². The van der Waals surface area contributed by atoms with Crippen LogP contribution in [0.4, 0.5) is 4.39 Å². The zero-order chi connectivity index (χ0) is 19.8. The zero-order valence-electron chi connectivity index (χ0n) is 15.3. The predicted molar refractivity (Wildman–Crippen MR) is 112 cm³/mol. The minimum Gasteiger partial charge on any atom is -0.337 e. The molecule has 0 aliphatic rings. The first kappa shape index (κ1) is 18.2. The molecule has 6 heteroatoms. The number of allylic oxidation sites excluding steroid dienone is 1. The van der Waals surface area contributed by atoms with Crippen LogP contribution in [-0.2, 0) is 0 Å². The SMILES string of the molecule is Cc1cc(/C=C(\C#N)c2nc3ccc(F)cc3[nH]2)c(C)n1-c1ccc(Br)cc1. The van der Waals surface area contributed by atoms with E-state index in [4.69, 9.17) is 0 Å². The molecular formula is C22H16BrFN4. The molecule has 0 saturated carbocycles. The van der Waals surface area contributed by atoms with Crippen molar-refractivity contribution in [2.75, 3.05) is 0 Å². The standard InChI is InChI=1S/C22H16BrFN4/c1-13-9-15(14(2)28(13)19-6-3-17(23)4-7-19)10-16(12-25)22-26-20-8-5-18(24)11-21(20)27-22/h3-11H,1-2H3,(H,26,27)/b16-10+. The number of nitrogens with one attached hydrogen (secondary N) is 1. The van der Waals surface area contributed by atoms with Gasteiger partial charge in [-0.2, -0.15) is 5.26 Å². The van der Waals surface area contributed by atoms with E-state index in [0.29, 0.717) is 22.4 Å². The molecule has 4 aromatic rings. The Bertz CT molecular complexity index is 1260. The summed E-state index contributed by atoms with van der Waals surface area (Å²) in [4.78, 5) is 7.46. The van der Waals surface area contributed by atoms with Gasteiger partial charge in [0.25, 0.3) is 0 Å². The van der Waals surface area contributed by atoms with Crippen molar-refractivity contribution in [3.8, 4) is 11.8 Å². The van der Waals surface area contributed by atoms with E-state index in [1.807, 2.05) is 50.3 Å². The Hall–Kier alpha value is -3.17. The van der Waals surface area contributed by atoms with E-state index in [-0.39, 0.29) is 5.82 Å². The van der Waals surface area contributed by atoms with Gasteiger partial charge in [-0.3, -0.25) is 0 Å². The maximum absolute atomic E-state index is 13.4. The molecular weight excluding hydrogens is 419 g/mol. The van der Waals surface area contributed by atoms with Crippen LogP contribution in [0.1, 0.15) is 22.8 Å². The highest BCUT2D eigenvalue weighted by atomic mass is 79.9. The van der Waals surface area contributed by atoms with Crippen LogP contribution in [0, 0.1) is 31.0 Å². The first-order valence-electron chi connectivity index (χ1n) is 8.68. The number of H-pyrrole nitrogens is 1. The lowest BCUT2D eigenvalue weighted by atomic mass is 10.1. The Labute approximate surface area is 170 Å². The molecule has 0 amide bonds. The van der Waals surface area contributed by atoms with E-state index < -0.39 is 0 Å². The molecule has 2 aromatic heterocycles. The molecule has 0 bridgehead atoms. The molecule has 0 aliphatic heterocycles. The second kappa shape index (κ2) is 7.10. The van der Waals surface area contributed by atoms with E-state index in [1.54, 1.807) is 6.07 Å². The number of nitriles is 1. The van der Waals surface area contributed by atoms with Crippen LogP contribution in [0.15, 0.2) is 53.0 Å². The summed E-state index contributed by atoms with van der Waals surface area (Å²) in [6, 6.07) is 16.6. The van der Waals surface area contributed by atoms with Crippen molar-refractivity contribution in [1.29, 1.82) is 5.26 Å². The molecule has 0 spiro atoms. The lowest BCUT2D eigenvalue weighted by Gasteiger charge is -2.09. The van der Waals surface area contributed by atoms with Crippen LogP contribution in [0.2, 0.25) is 0 Å². The van der Waals surface area contributed by atoms with Gasteiger partial charge in [-0.1, -0.05) is 15.9 Å². The van der Waals surface area contributed by atoms with E-state index in [0.717, 1.165) is 27.1 Å². The lowest BCUT2D eigenvalue weighted by Crippen LogP contribution is -1.98. The van der Waals surface area contributed by atoms with Gasteiger partial charge in [0.15, 0.2) is 0 Å². The van der Waals surface area contributed by atoms with Crippen molar-refractivity contribution in [3.63, 3.8) is 0 Å². The molecule has 0 saturated heterocycles. The molecule has 2 aromatic carbocycles. The van der Waals surface area contributed by atoms with E-state index in [1.165, 1.54) is 12.1 Å². The van der Waals surface area contributed by atoms with E-state index >= 15 is 0 Å². The van der Waals surface area contributed by atoms with Gasteiger partial charge in [0, 0.05) is 21.5 Å². The molecule has 4 rings (SSSR count). The average molecular weight is 435 g/mol. The topological polar surface area (TPSA) is 57.4 Å². The highest BCUT2D eigenvalue weighted by molar-refractivity contribution is 9.10. The number of benzene rings is 2. The van der Waals surface area contributed by atoms with Gasteiger partial charge in [0.1, 0.15) is 17.7 Å². The fourth-order valence-electron chi connectivity index (χ4n) is 3.34. The summed E-state index contributed by atoms with van der Waals surface area (Å²) >= 11 is 3.46. The third-order valence-corrected chi connectivity index (χ3v) is 5.20. The second-order valence-electron chi connectivity index (χ2n) is 6.55. The smallest absolute Gasteiger partial charge is 0.149 e. The fourth-order valence-corrected chi connectivity index (χ4v) is 3.60. The molecule has 0 atom stereocenters. The second-order valence-corrected chi connectivity index (χ2v) is 7.47. The summed E-state index contributed by atoms with van der Waals surface area (Å²) < 4.78 is 16.6. The van der Waals surface area contributed by atoms with Gasteiger partial charge < -0.3 is 9.55 Å². The van der Waals surface area contributed by atoms with E-state index in [9.17, 15) is 9.65 Å². The van der Waals surface area contributed by atoms with Crippen molar-refractivity contribution in [3.05, 3.63) is 81.6 Å². The van der Waals surface area contributed by atoms with Gasteiger partial charge in [-0.05, 0) is 74.0 Å². The third-order valence-electron chi connectivity index (χ3n) is 4.67. The number of hydrogen-bond donors (Lipinski definition) is 1. The molecule has 2 heterocycles. The van der Waals surface area contributed by atoms with Crippen LogP contribution in [0.5, 0.6) is 0 Å². The van der Waals surface area contributed by atoms with Gasteiger partial charge >= 0.3 is 0 Å². The summed E-state index contributed by atoms with van der Waals surface area (Å²) in [6.07, 6.45) is 1.81. The number of aromatic nitrogens is 3. The Kier molecular flexibility index (Phi) is 4.62. The van der Waals surface area contributed by atoms with Crippen molar-refractivity contribution >= 4 is 38.6 Å². The number of nitrogens with zero attached hydrogens (tertiary/aromatic N) is 3. The molecule has 0 radical (unpaired) electrons. The molecule has 0 fully saturated rings. The largest absolute Gasteiger partial charge is 0.337 e. The minimum atomic E-state index is -0.344. The quantitative estimate of drug-likeness (QED) is 0.405. The highest BCUT2D eigenvalue weighted by Gasteiger charge is 2.13. The fraction of sp³-hybridized carbons (Fsp3) is 0.0909. The normalized spacial score (nSPS) is 11.8. The van der Waals surface area contributed by atoms with Gasteiger partial charge in [0.2, 0.25) is 0 Å². The molecule has 28 heavy (non-hydrogen) atoms. The maximum Gasteiger partial charge on any atom is 0.149 e. The monoisotopic (exact) mass is 434 g/mol. The average Bonchev–Trinajstić information content (AvgIpc) is 3.20. The van der Waals surface area contributed by atoms with Crippen molar-refractivity contribution in [1.82, 2.24) is 14.5 Å². The summed E-state index contributed by atoms with van der Waals surface area (Å²) in [7, 11) is 0. The van der Waals surface area contributed by atoms with Crippen LogP contribution in [0.3, 0.4) is 0 Å². The summed E-state index contributed by atoms with van der Waals surface area (Å²) in [6.45, 7) is 4.05. The van der Waals surface area contributed by atoms with Crippen LogP contribution in [-0.4, -0.2) is 14.5 Å². The first-order valence-corrected chi connectivity index (χ1v) is 9.48. The number of imidazole rings is 1. The molecule has 0 aliphatic carbocycles. The predicted octanol–water partition coefficient (Wildman–Crippen LogP) is 5.94. The number of hydrogen-bond acceptors (Lipinski definition) is 2. The Morgan fingerprint density at radius 3 is 2.64 bits per heavy atom. The Balaban J connectivity index is 1.79. The van der Waals surface area contributed by atoms with Gasteiger partial charge in [0.05, 0.1) is 16.6 Å². The highest BCUT2D eigenvalue weighted by Crippen LogP contribution is 2.26. The first-order chi connectivity index (χ1) is 13.5. The molecule has 4 nitrogen and oxygen atoms in total. The van der Waals surface area contributed by atoms with Gasteiger partial charge in [-0.25, -0.2) is 9.37 Å². The molecule has 138 valence electrons. The Morgan fingerprint density at radius 2 is 1.93 bits per heavy atom. The van der Waals surface area contributed by atoms with Gasteiger partial charge in [-0.15, -0.1) is 0 Å². The van der Waals surface area contributed by atoms with Crippen molar-refractivity contribution in [2.45, 2.75) is 13.8 Å². The molecule has 0 unspecified atom stereocenters. The van der Waals surface area contributed by atoms with Crippen LogP contribution >= 0.6 is 15.9 Å². The number of rotatable bonds is 3. The number of aryl methyl sites for hydroxylation is 1. The summed E-state index contributed by atoms with van der Waals surface area (Å²) in [5, 5.41) is 9.67. The van der Waals surface area contributed by atoms with E-state index in [2.05, 4.69) is 36.5 Å². The minimum absolute atomic E-state index is 0.344. The number of fused-ring (bicyclic) bond motifs is 1. The van der Waals surface area contributed by atoms with Crippen molar-refractivity contribution in [2.24, 2.45) is 0 Å². The maximum atomic E-state index is 13.4. The lowest BCUT2D eigenvalue weighted by molar-refractivity contribution is 0.629. The summed E-state index contributed by atoms with van der Waals surface area (Å²) in [5.74, 6) is 0.0831. The zero-order valence-corrected chi connectivity index (χ0v) is 16.9. The summed E-state index contributed by atoms with van der Waals surface area (Å²) in [5.41, 5.74) is 5.66. The molecule has 1 N–H and O–H groups in total.